The lowest BCUT2D eigenvalue weighted by Crippen LogP contribution is -2.36. The van der Waals surface area contributed by atoms with E-state index in [1.165, 1.54) is 4.90 Å². The summed E-state index contributed by atoms with van der Waals surface area (Å²) >= 11 is 0. The Bertz CT molecular complexity index is 202. The van der Waals surface area contributed by atoms with Gasteiger partial charge in [-0.15, -0.1) is 0 Å². The van der Waals surface area contributed by atoms with Crippen LogP contribution in [0.1, 0.15) is 27.2 Å². The van der Waals surface area contributed by atoms with Gasteiger partial charge in [-0.3, -0.25) is 0 Å². The molecule has 0 aliphatic heterocycles. The molecule has 0 bridgehead atoms. The summed E-state index contributed by atoms with van der Waals surface area (Å²) in [4.78, 5) is 13.0. The SMILES string of the molecule is CN(CCOCCCN)C(=O)OC(C)(C)C. The van der Waals surface area contributed by atoms with E-state index in [-0.39, 0.29) is 6.09 Å². The molecule has 0 heterocycles. The predicted octanol–water partition coefficient (Wildman–Crippen LogP) is 1.22. The van der Waals surface area contributed by atoms with Crippen LogP contribution >= 0.6 is 0 Å². The molecule has 0 spiro atoms. The lowest BCUT2D eigenvalue weighted by atomic mass is 10.2. The van der Waals surface area contributed by atoms with Gasteiger partial charge < -0.3 is 20.1 Å². The van der Waals surface area contributed by atoms with Gasteiger partial charge in [-0.25, -0.2) is 4.79 Å². The molecule has 96 valence electrons. The highest BCUT2D eigenvalue weighted by atomic mass is 16.6. The number of hydrogen-bond donors (Lipinski definition) is 1. The quantitative estimate of drug-likeness (QED) is 0.699. The van der Waals surface area contributed by atoms with Crippen LogP contribution in [0.15, 0.2) is 0 Å². The van der Waals surface area contributed by atoms with E-state index in [1.807, 2.05) is 20.8 Å². The summed E-state index contributed by atoms with van der Waals surface area (Å²) in [6.07, 6.45) is 0.519. The molecular weight excluding hydrogens is 208 g/mol. The summed E-state index contributed by atoms with van der Waals surface area (Å²) in [5.41, 5.74) is 4.87. The van der Waals surface area contributed by atoms with Gasteiger partial charge in [-0.2, -0.15) is 0 Å². The number of likely N-dealkylation sites (N-methyl/N-ethyl adjacent to an activating group) is 1. The van der Waals surface area contributed by atoms with Crippen LogP contribution in [0.25, 0.3) is 0 Å². The fraction of sp³-hybridized carbons (Fsp3) is 0.909. The highest BCUT2D eigenvalue weighted by molar-refractivity contribution is 5.67. The number of hydrogen-bond acceptors (Lipinski definition) is 4. The average molecular weight is 232 g/mol. The van der Waals surface area contributed by atoms with Gasteiger partial charge in [0.05, 0.1) is 6.61 Å². The van der Waals surface area contributed by atoms with Crippen molar-refractivity contribution in [3.8, 4) is 0 Å². The molecule has 2 N–H and O–H groups in total. The summed E-state index contributed by atoms with van der Waals surface area (Å²) in [6, 6.07) is 0. The van der Waals surface area contributed by atoms with Crippen molar-refractivity contribution >= 4 is 6.09 Å². The zero-order chi connectivity index (χ0) is 12.6. The number of nitrogens with zero attached hydrogens (tertiary/aromatic N) is 1. The Morgan fingerprint density at radius 1 is 1.31 bits per heavy atom. The molecule has 16 heavy (non-hydrogen) atoms. The third-order valence-corrected chi connectivity index (χ3v) is 1.77. The fourth-order valence-electron chi connectivity index (χ4n) is 0.920. The largest absolute Gasteiger partial charge is 0.444 e. The van der Waals surface area contributed by atoms with Gasteiger partial charge in [0.25, 0.3) is 0 Å². The van der Waals surface area contributed by atoms with Crippen molar-refractivity contribution in [3.63, 3.8) is 0 Å². The fourth-order valence-corrected chi connectivity index (χ4v) is 0.920. The smallest absolute Gasteiger partial charge is 0.410 e. The van der Waals surface area contributed by atoms with Gasteiger partial charge in [0, 0.05) is 20.2 Å². The van der Waals surface area contributed by atoms with E-state index in [1.54, 1.807) is 7.05 Å². The van der Waals surface area contributed by atoms with E-state index in [4.69, 9.17) is 15.2 Å². The molecule has 0 radical (unpaired) electrons. The van der Waals surface area contributed by atoms with E-state index in [9.17, 15) is 4.79 Å². The van der Waals surface area contributed by atoms with Crippen LogP contribution in [0.3, 0.4) is 0 Å². The molecule has 0 aliphatic rings. The van der Waals surface area contributed by atoms with Crippen molar-refractivity contribution in [2.75, 3.05) is 33.4 Å². The third-order valence-electron chi connectivity index (χ3n) is 1.77. The molecule has 0 aromatic rings. The van der Waals surface area contributed by atoms with E-state index in [0.29, 0.717) is 26.3 Å². The van der Waals surface area contributed by atoms with Crippen LogP contribution in [-0.4, -0.2) is 49.9 Å². The van der Waals surface area contributed by atoms with Gasteiger partial charge in [0.15, 0.2) is 0 Å². The number of rotatable bonds is 6. The molecular formula is C11H24N2O3. The number of carbonyl (C=O) groups excluding carboxylic acids is 1. The first-order valence-electron chi connectivity index (χ1n) is 5.59. The van der Waals surface area contributed by atoms with Gasteiger partial charge in [-0.1, -0.05) is 0 Å². The number of carbonyl (C=O) groups is 1. The second-order valence-electron chi connectivity index (χ2n) is 4.66. The first kappa shape index (κ1) is 15.2. The van der Waals surface area contributed by atoms with Gasteiger partial charge in [0.1, 0.15) is 5.60 Å². The maximum absolute atomic E-state index is 11.5. The lowest BCUT2D eigenvalue weighted by molar-refractivity contribution is 0.0231. The van der Waals surface area contributed by atoms with E-state index in [2.05, 4.69) is 0 Å². The van der Waals surface area contributed by atoms with Crippen LogP contribution in [0, 0.1) is 0 Å². The van der Waals surface area contributed by atoms with Crippen molar-refractivity contribution in [1.82, 2.24) is 4.90 Å². The molecule has 1 amide bonds. The highest BCUT2D eigenvalue weighted by Crippen LogP contribution is 2.08. The molecule has 0 fully saturated rings. The third kappa shape index (κ3) is 8.49. The molecule has 0 aromatic carbocycles. The second kappa shape index (κ2) is 7.46. The monoisotopic (exact) mass is 232 g/mol. The van der Waals surface area contributed by atoms with Crippen LogP contribution in [0.2, 0.25) is 0 Å². The van der Waals surface area contributed by atoms with E-state index in [0.717, 1.165) is 6.42 Å². The van der Waals surface area contributed by atoms with Crippen molar-refractivity contribution < 1.29 is 14.3 Å². The minimum Gasteiger partial charge on any atom is -0.444 e. The Morgan fingerprint density at radius 3 is 2.44 bits per heavy atom. The Balaban J connectivity index is 3.64. The second-order valence-corrected chi connectivity index (χ2v) is 4.66. The van der Waals surface area contributed by atoms with Crippen LogP contribution in [-0.2, 0) is 9.47 Å². The molecule has 0 aromatic heterocycles. The Hall–Kier alpha value is -0.810. The first-order valence-corrected chi connectivity index (χ1v) is 5.59. The zero-order valence-electron chi connectivity index (χ0n) is 10.8. The van der Waals surface area contributed by atoms with E-state index < -0.39 is 5.60 Å². The maximum Gasteiger partial charge on any atom is 0.410 e. The summed E-state index contributed by atoms with van der Waals surface area (Å²) in [5.74, 6) is 0. The Morgan fingerprint density at radius 2 is 1.94 bits per heavy atom. The van der Waals surface area contributed by atoms with Crippen LogP contribution < -0.4 is 5.73 Å². The lowest BCUT2D eigenvalue weighted by Gasteiger charge is -2.24. The van der Waals surface area contributed by atoms with Crippen molar-refractivity contribution in [3.05, 3.63) is 0 Å². The van der Waals surface area contributed by atoms with Crippen molar-refractivity contribution in [2.45, 2.75) is 32.8 Å². The summed E-state index contributed by atoms with van der Waals surface area (Å²) in [7, 11) is 1.69. The molecule has 0 rings (SSSR count). The molecule has 0 atom stereocenters. The topological polar surface area (TPSA) is 64.8 Å². The predicted molar refractivity (Wildman–Crippen MR) is 63.4 cm³/mol. The van der Waals surface area contributed by atoms with Crippen molar-refractivity contribution in [1.29, 1.82) is 0 Å². The normalized spacial score (nSPS) is 11.3. The van der Waals surface area contributed by atoms with Gasteiger partial charge in [0.2, 0.25) is 0 Å². The molecule has 0 saturated carbocycles. The summed E-state index contributed by atoms with van der Waals surface area (Å²) in [5, 5.41) is 0. The summed E-state index contributed by atoms with van der Waals surface area (Å²) in [6.45, 7) is 7.83. The van der Waals surface area contributed by atoms with Crippen molar-refractivity contribution in [2.24, 2.45) is 5.73 Å². The van der Waals surface area contributed by atoms with E-state index >= 15 is 0 Å². The first-order chi connectivity index (χ1) is 7.37. The van der Waals surface area contributed by atoms with Crippen LogP contribution in [0.5, 0.6) is 0 Å². The molecule has 5 heteroatoms. The Kier molecular flexibility index (Phi) is 7.08. The maximum atomic E-state index is 11.5. The molecule has 0 saturated heterocycles. The average Bonchev–Trinajstić information content (AvgIpc) is 2.14. The number of nitrogens with two attached hydrogens (primary N) is 1. The Labute approximate surface area is 97.9 Å². The highest BCUT2D eigenvalue weighted by Gasteiger charge is 2.18. The molecule has 0 unspecified atom stereocenters. The molecule has 0 aliphatic carbocycles. The standard InChI is InChI=1S/C11H24N2O3/c1-11(2,3)16-10(14)13(4)7-9-15-8-5-6-12/h5-9,12H2,1-4H3. The zero-order valence-corrected chi connectivity index (χ0v) is 10.8. The van der Waals surface area contributed by atoms with Gasteiger partial charge in [-0.05, 0) is 33.7 Å². The van der Waals surface area contributed by atoms with Crippen LogP contribution in [0.4, 0.5) is 4.79 Å². The number of ether oxygens (including phenoxy) is 2. The number of amides is 1. The summed E-state index contributed by atoms with van der Waals surface area (Å²) < 4.78 is 10.5. The van der Waals surface area contributed by atoms with Gasteiger partial charge >= 0.3 is 6.09 Å². The molecule has 5 nitrogen and oxygen atoms in total. The minimum atomic E-state index is -0.453. The minimum absolute atomic E-state index is 0.324.